The second-order valence-corrected chi connectivity index (χ2v) is 2.61. The molecule has 0 atom stereocenters. The van der Waals surface area contributed by atoms with Gasteiger partial charge in [-0.2, -0.15) is 0 Å². The quantitative estimate of drug-likeness (QED) is 0.620. The molecule has 54 valence electrons. The van der Waals surface area contributed by atoms with Crippen molar-refractivity contribution < 1.29 is 62.7 Å². The molecule has 0 saturated carbocycles. The summed E-state index contributed by atoms with van der Waals surface area (Å²) in [5, 5.41) is 8.45. The van der Waals surface area contributed by atoms with Gasteiger partial charge in [-0.15, -0.1) is 0 Å². The zero-order chi connectivity index (χ0) is 7.56. The summed E-state index contributed by atoms with van der Waals surface area (Å²) < 4.78 is 0.674. The molecule has 1 N–H and O–H groups in total. The summed E-state index contributed by atoms with van der Waals surface area (Å²) in [7, 11) is 0. The zero-order valence-corrected chi connectivity index (χ0v) is 10.6. The second kappa shape index (κ2) is 5.39. The Morgan fingerprint density at radius 3 is 2.64 bits per heavy atom. The third-order valence-electron chi connectivity index (χ3n) is 0.952. The number of carbonyl (C=O) groups is 1. The van der Waals surface area contributed by atoms with Crippen molar-refractivity contribution in [3.05, 3.63) is 28.5 Å². The molecule has 1 aromatic heterocycles. The summed E-state index contributed by atoms with van der Waals surface area (Å²) in [5.41, 5.74) is 0.189. The van der Waals surface area contributed by atoms with Crippen molar-refractivity contribution in [3.8, 4) is 0 Å². The first kappa shape index (κ1) is 11.7. The van der Waals surface area contributed by atoms with E-state index in [9.17, 15) is 4.79 Å². The summed E-state index contributed by atoms with van der Waals surface area (Å²) in [4.78, 5) is 14.0. The molecule has 5 heteroatoms. The number of halogens is 1. The number of hydrogen-bond donors (Lipinski definition) is 1. The van der Waals surface area contributed by atoms with Crippen LogP contribution in [0.15, 0.2) is 22.9 Å². The number of hydrogen-bond acceptors (Lipinski definition) is 2. The molecule has 0 bridgehead atoms. The summed E-state index contributed by atoms with van der Waals surface area (Å²) in [6.45, 7) is 0. The number of aromatic carboxylic acids is 1. The minimum absolute atomic E-state index is 0. The number of pyridine rings is 1. The van der Waals surface area contributed by atoms with Crippen LogP contribution in [0.5, 0.6) is 0 Å². The van der Waals surface area contributed by atoms with Crippen LogP contribution >= 0.6 is 15.9 Å². The van der Waals surface area contributed by atoms with Gasteiger partial charge in [0.25, 0.3) is 0 Å². The minimum atomic E-state index is -0.964. The molecule has 0 spiro atoms. The Hall–Kier alpha value is 0.736. The van der Waals surface area contributed by atoms with Crippen molar-refractivity contribution in [2.75, 3.05) is 0 Å². The smallest absolute Gasteiger partial charge is 1.00 e. The second-order valence-electron chi connectivity index (χ2n) is 1.70. The van der Waals surface area contributed by atoms with Gasteiger partial charge in [0.05, 0.1) is 5.56 Å². The molecule has 0 radical (unpaired) electrons. The van der Waals surface area contributed by atoms with Crippen LogP contribution in [-0.2, 0) is 0 Å². The molecule has 1 aromatic rings. The van der Waals surface area contributed by atoms with Gasteiger partial charge in [0.2, 0.25) is 0 Å². The molecule has 1 rings (SSSR count). The van der Waals surface area contributed by atoms with E-state index >= 15 is 0 Å². The van der Waals surface area contributed by atoms with E-state index in [4.69, 9.17) is 5.11 Å². The SMILES string of the molecule is O=C(O)c1cncc(Br)c1.[H-].[K+]. The van der Waals surface area contributed by atoms with Gasteiger partial charge in [0.15, 0.2) is 0 Å². The number of aromatic nitrogens is 1. The predicted molar refractivity (Wildman–Crippen MR) is 40.0 cm³/mol. The average molecular weight is 242 g/mol. The number of carboxylic acid groups (broad SMARTS) is 1. The molecule has 0 saturated heterocycles. The van der Waals surface area contributed by atoms with Crippen molar-refractivity contribution >= 4 is 21.9 Å². The van der Waals surface area contributed by atoms with E-state index in [2.05, 4.69) is 20.9 Å². The Kier molecular flexibility index (Phi) is 5.76. The fourth-order valence-corrected chi connectivity index (χ4v) is 0.894. The standard InChI is InChI=1S/C6H4BrNO2.K.H/c7-5-1-4(6(9)10)2-8-3-5;;/h1-3H,(H,9,10);;/q;+1;-1. The number of carboxylic acids is 1. The summed E-state index contributed by atoms with van der Waals surface area (Å²) in [6, 6.07) is 1.50. The first-order chi connectivity index (χ1) is 4.70. The Balaban J connectivity index is 0. The van der Waals surface area contributed by atoms with Crippen molar-refractivity contribution in [3.63, 3.8) is 0 Å². The maximum Gasteiger partial charge on any atom is 1.00 e. The van der Waals surface area contributed by atoms with Gasteiger partial charge in [-0.3, -0.25) is 4.98 Å². The molecule has 11 heavy (non-hydrogen) atoms. The number of nitrogens with zero attached hydrogens (tertiary/aromatic N) is 1. The van der Waals surface area contributed by atoms with Crippen LogP contribution in [0.1, 0.15) is 11.8 Å². The van der Waals surface area contributed by atoms with E-state index in [-0.39, 0.29) is 58.4 Å². The predicted octanol–water partition coefficient (Wildman–Crippen LogP) is -1.34. The summed E-state index contributed by atoms with van der Waals surface area (Å²) in [5.74, 6) is -0.964. The van der Waals surface area contributed by atoms with Crippen molar-refractivity contribution in [1.29, 1.82) is 0 Å². The van der Waals surface area contributed by atoms with Gasteiger partial charge in [0.1, 0.15) is 0 Å². The minimum Gasteiger partial charge on any atom is -1.00 e. The largest absolute Gasteiger partial charge is 1.00 e. The molecule has 0 fully saturated rings. The fraction of sp³-hybridized carbons (Fsp3) is 0. The Morgan fingerprint density at radius 1 is 1.64 bits per heavy atom. The Labute approximate surface area is 116 Å². The van der Waals surface area contributed by atoms with Crippen LogP contribution < -0.4 is 51.4 Å². The van der Waals surface area contributed by atoms with E-state index in [1.807, 2.05) is 0 Å². The van der Waals surface area contributed by atoms with Crippen molar-refractivity contribution in [2.24, 2.45) is 0 Å². The van der Waals surface area contributed by atoms with E-state index < -0.39 is 5.97 Å². The normalized spacial score (nSPS) is 8.45. The first-order valence-corrected chi connectivity index (χ1v) is 3.33. The molecule has 1 heterocycles. The fourth-order valence-electron chi connectivity index (χ4n) is 0.529. The average Bonchev–Trinajstić information content (AvgIpc) is 1.88. The monoisotopic (exact) mass is 241 g/mol. The van der Waals surface area contributed by atoms with Crippen LogP contribution in [0, 0.1) is 0 Å². The topological polar surface area (TPSA) is 50.2 Å². The zero-order valence-electron chi connectivity index (χ0n) is 6.91. The van der Waals surface area contributed by atoms with E-state index in [1.165, 1.54) is 18.5 Å². The maximum atomic E-state index is 10.3. The number of rotatable bonds is 1. The van der Waals surface area contributed by atoms with Gasteiger partial charge in [-0.1, -0.05) is 0 Å². The van der Waals surface area contributed by atoms with Crippen LogP contribution in [0.25, 0.3) is 0 Å². The van der Waals surface area contributed by atoms with Gasteiger partial charge in [-0.05, 0) is 22.0 Å². The Morgan fingerprint density at radius 2 is 2.27 bits per heavy atom. The summed E-state index contributed by atoms with van der Waals surface area (Å²) >= 11 is 3.10. The van der Waals surface area contributed by atoms with Gasteiger partial charge in [0, 0.05) is 16.9 Å². The van der Waals surface area contributed by atoms with Crippen molar-refractivity contribution in [1.82, 2.24) is 4.98 Å². The molecular formula is C6H5BrKNO2. The summed E-state index contributed by atoms with van der Waals surface area (Å²) in [6.07, 6.45) is 2.83. The maximum absolute atomic E-state index is 10.3. The molecule has 0 aromatic carbocycles. The molecule has 0 unspecified atom stereocenters. The molecule has 0 aliphatic heterocycles. The molecule has 0 aliphatic rings. The van der Waals surface area contributed by atoms with Crippen molar-refractivity contribution in [2.45, 2.75) is 0 Å². The first-order valence-electron chi connectivity index (χ1n) is 2.54. The van der Waals surface area contributed by atoms with Crippen LogP contribution in [0.2, 0.25) is 0 Å². The van der Waals surface area contributed by atoms with E-state index in [1.54, 1.807) is 0 Å². The Bertz CT molecular complexity index is 271. The van der Waals surface area contributed by atoms with Crippen LogP contribution in [-0.4, -0.2) is 16.1 Å². The van der Waals surface area contributed by atoms with Gasteiger partial charge < -0.3 is 6.53 Å². The van der Waals surface area contributed by atoms with Gasteiger partial charge >= 0.3 is 57.4 Å². The molecule has 0 amide bonds. The van der Waals surface area contributed by atoms with Crippen LogP contribution in [0.4, 0.5) is 0 Å². The van der Waals surface area contributed by atoms with Gasteiger partial charge in [-0.25, -0.2) is 4.79 Å². The van der Waals surface area contributed by atoms with E-state index in [0.29, 0.717) is 4.47 Å². The molecule has 3 nitrogen and oxygen atoms in total. The molecular weight excluding hydrogens is 237 g/mol. The third kappa shape index (κ3) is 3.77. The molecule has 0 aliphatic carbocycles. The van der Waals surface area contributed by atoms with Crippen LogP contribution in [0.3, 0.4) is 0 Å². The van der Waals surface area contributed by atoms with E-state index in [0.717, 1.165) is 0 Å². The third-order valence-corrected chi connectivity index (χ3v) is 1.39.